The maximum Gasteiger partial charge on any atom is 0.234 e. The number of amides is 1. The Bertz CT molecular complexity index is 517. The van der Waals surface area contributed by atoms with Crippen LogP contribution in [0.5, 0.6) is 0 Å². The number of nitrogens with zero attached hydrogens (tertiary/aromatic N) is 1. The lowest BCUT2D eigenvalue weighted by Crippen LogP contribution is -2.50. The number of likely N-dealkylation sites (N-methyl/N-ethyl adjacent to an activating group) is 1. The standard InChI is InChI=1S/C17H24N2O2/c1-3-18-15-11-21-10-14(15)17(20)19-12(2)8-9-13-6-4-5-7-16(13)19/h4-7,12,14-15,18H,3,8-11H2,1-2H3. The maximum absolute atomic E-state index is 13.1. The van der Waals surface area contributed by atoms with Crippen molar-refractivity contribution in [3.8, 4) is 0 Å². The number of ether oxygens (including phenoxy) is 1. The van der Waals surface area contributed by atoms with E-state index in [1.807, 2.05) is 11.0 Å². The molecule has 0 aliphatic carbocycles. The molecule has 3 rings (SSSR count). The molecular formula is C17H24N2O2. The molecule has 21 heavy (non-hydrogen) atoms. The van der Waals surface area contributed by atoms with Gasteiger partial charge in [-0.25, -0.2) is 0 Å². The number of benzene rings is 1. The van der Waals surface area contributed by atoms with Crippen LogP contribution < -0.4 is 10.2 Å². The SMILES string of the molecule is CCNC1COCC1C(=O)N1c2ccccc2CCC1C. The van der Waals surface area contributed by atoms with E-state index in [0.717, 1.165) is 25.1 Å². The second-order valence-electron chi connectivity index (χ2n) is 6.03. The van der Waals surface area contributed by atoms with Crippen LogP contribution in [0.4, 0.5) is 5.69 Å². The molecule has 0 aromatic heterocycles. The van der Waals surface area contributed by atoms with Gasteiger partial charge in [-0.05, 0) is 37.9 Å². The summed E-state index contributed by atoms with van der Waals surface area (Å²) in [6.07, 6.45) is 2.08. The normalized spacial score (nSPS) is 28.5. The number of fused-ring (bicyclic) bond motifs is 1. The van der Waals surface area contributed by atoms with Gasteiger partial charge in [0.2, 0.25) is 5.91 Å². The van der Waals surface area contributed by atoms with Crippen molar-refractivity contribution in [3.63, 3.8) is 0 Å². The lowest BCUT2D eigenvalue weighted by Gasteiger charge is -2.37. The van der Waals surface area contributed by atoms with Crippen LogP contribution in [0, 0.1) is 5.92 Å². The predicted octanol–water partition coefficient (Wildman–Crippen LogP) is 1.98. The molecule has 1 aromatic carbocycles. The van der Waals surface area contributed by atoms with Crippen molar-refractivity contribution in [1.82, 2.24) is 5.32 Å². The summed E-state index contributed by atoms with van der Waals surface area (Å²) >= 11 is 0. The van der Waals surface area contributed by atoms with Gasteiger partial charge in [0.1, 0.15) is 0 Å². The van der Waals surface area contributed by atoms with E-state index < -0.39 is 0 Å². The first-order valence-electron chi connectivity index (χ1n) is 7.94. The number of anilines is 1. The number of nitrogens with one attached hydrogen (secondary N) is 1. The van der Waals surface area contributed by atoms with Crippen molar-refractivity contribution in [1.29, 1.82) is 0 Å². The van der Waals surface area contributed by atoms with E-state index in [1.165, 1.54) is 5.56 Å². The minimum atomic E-state index is -0.0708. The Morgan fingerprint density at radius 1 is 1.38 bits per heavy atom. The van der Waals surface area contributed by atoms with Crippen LogP contribution in [0.15, 0.2) is 24.3 Å². The van der Waals surface area contributed by atoms with E-state index in [9.17, 15) is 4.79 Å². The second kappa shape index (κ2) is 6.16. The zero-order valence-corrected chi connectivity index (χ0v) is 12.8. The van der Waals surface area contributed by atoms with Crippen LogP contribution in [0.3, 0.4) is 0 Å². The van der Waals surface area contributed by atoms with Crippen LogP contribution >= 0.6 is 0 Å². The van der Waals surface area contributed by atoms with Gasteiger partial charge in [-0.15, -0.1) is 0 Å². The van der Waals surface area contributed by atoms with Gasteiger partial charge in [0.15, 0.2) is 0 Å². The molecule has 3 atom stereocenters. The Labute approximate surface area is 126 Å². The summed E-state index contributed by atoms with van der Waals surface area (Å²) in [6, 6.07) is 8.68. The van der Waals surface area contributed by atoms with E-state index in [0.29, 0.717) is 13.2 Å². The molecule has 0 saturated carbocycles. The van der Waals surface area contributed by atoms with Crippen molar-refractivity contribution in [2.24, 2.45) is 5.92 Å². The van der Waals surface area contributed by atoms with Crippen LogP contribution in [0.1, 0.15) is 25.8 Å². The third kappa shape index (κ3) is 2.70. The lowest BCUT2D eigenvalue weighted by atomic mass is 9.93. The fourth-order valence-electron chi connectivity index (χ4n) is 3.46. The Hall–Kier alpha value is -1.39. The number of carbonyl (C=O) groups is 1. The summed E-state index contributed by atoms with van der Waals surface area (Å²) in [5.41, 5.74) is 2.37. The highest BCUT2D eigenvalue weighted by Crippen LogP contribution is 2.32. The van der Waals surface area contributed by atoms with Gasteiger partial charge in [-0.3, -0.25) is 4.79 Å². The molecule has 1 amide bonds. The fraction of sp³-hybridized carbons (Fsp3) is 0.588. The zero-order chi connectivity index (χ0) is 14.8. The molecular weight excluding hydrogens is 264 g/mol. The van der Waals surface area contributed by atoms with Crippen LogP contribution in [-0.4, -0.2) is 37.7 Å². The number of carbonyl (C=O) groups excluding carboxylic acids is 1. The smallest absolute Gasteiger partial charge is 0.234 e. The van der Waals surface area contributed by atoms with Gasteiger partial charge in [-0.1, -0.05) is 25.1 Å². The van der Waals surface area contributed by atoms with Gasteiger partial charge < -0.3 is 15.0 Å². The first-order chi connectivity index (χ1) is 10.2. The molecule has 2 heterocycles. The van der Waals surface area contributed by atoms with E-state index in [-0.39, 0.29) is 23.9 Å². The zero-order valence-electron chi connectivity index (χ0n) is 12.8. The molecule has 2 aliphatic heterocycles. The summed E-state index contributed by atoms with van der Waals surface area (Å²) in [5.74, 6) is 0.136. The summed E-state index contributed by atoms with van der Waals surface area (Å²) in [7, 11) is 0. The summed E-state index contributed by atoms with van der Waals surface area (Å²) in [4.78, 5) is 15.1. The number of para-hydroxylation sites is 1. The maximum atomic E-state index is 13.1. The highest BCUT2D eigenvalue weighted by molar-refractivity contribution is 5.97. The number of rotatable bonds is 3. The quantitative estimate of drug-likeness (QED) is 0.924. The van der Waals surface area contributed by atoms with Gasteiger partial charge in [-0.2, -0.15) is 0 Å². The number of hydrogen-bond acceptors (Lipinski definition) is 3. The molecule has 1 N–H and O–H groups in total. The van der Waals surface area contributed by atoms with Gasteiger partial charge in [0.25, 0.3) is 0 Å². The summed E-state index contributed by atoms with van der Waals surface area (Å²) in [5, 5.41) is 3.38. The van der Waals surface area contributed by atoms with Crippen molar-refractivity contribution >= 4 is 11.6 Å². The molecule has 4 heteroatoms. The first-order valence-corrected chi connectivity index (χ1v) is 7.94. The number of hydrogen-bond donors (Lipinski definition) is 1. The number of aryl methyl sites for hydroxylation is 1. The van der Waals surface area contributed by atoms with Gasteiger partial charge >= 0.3 is 0 Å². The molecule has 1 aromatic rings. The van der Waals surface area contributed by atoms with Crippen LogP contribution in [0.25, 0.3) is 0 Å². The van der Waals surface area contributed by atoms with Crippen molar-refractivity contribution in [2.75, 3.05) is 24.7 Å². The molecule has 0 bridgehead atoms. The Kier molecular flexibility index (Phi) is 4.27. The van der Waals surface area contributed by atoms with Crippen molar-refractivity contribution in [2.45, 2.75) is 38.8 Å². The van der Waals surface area contributed by atoms with E-state index in [1.54, 1.807) is 0 Å². The monoisotopic (exact) mass is 288 g/mol. The molecule has 1 saturated heterocycles. The van der Waals surface area contributed by atoms with Crippen LogP contribution in [0.2, 0.25) is 0 Å². The third-order valence-corrected chi connectivity index (χ3v) is 4.62. The fourth-order valence-corrected chi connectivity index (χ4v) is 3.46. The van der Waals surface area contributed by atoms with Crippen LogP contribution in [-0.2, 0) is 16.0 Å². The molecule has 3 unspecified atom stereocenters. The summed E-state index contributed by atoms with van der Waals surface area (Å²) < 4.78 is 5.55. The molecule has 0 spiro atoms. The van der Waals surface area contributed by atoms with Crippen molar-refractivity contribution < 1.29 is 9.53 Å². The van der Waals surface area contributed by atoms with E-state index >= 15 is 0 Å². The molecule has 2 aliphatic rings. The lowest BCUT2D eigenvalue weighted by molar-refractivity contribution is -0.123. The average molecular weight is 288 g/mol. The molecule has 114 valence electrons. The third-order valence-electron chi connectivity index (χ3n) is 4.62. The molecule has 4 nitrogen and oxygen atoms in total. The Morgan fingerprint density at radius 3 is 3.00 bits per heavy atom. The Morgan fingerprint density at radius 2 is 2.19 bits per heavy atom. The average Bonchev–Trinajstić information content (AvgIpc) is 2.95. The largest absolute Gasteiger partial charge is 0.379 e. The predicted molar refractivity (Wildman–Crippen MR) is 83.5 cm³/mol. The van der Waals surface area contributed by atoms with Crippen molar-refractivity contribution in [3.05, 3.63) is 29.8 Å². The summed E-state index contributed by atoms with van der Waals surface area (Å²) in [6.45, 7) is 6.24. The topological polar surface area (TPSA) is 41.6 Å². The molecule has 1 fully saturated rings. The Balaban J connectivity index is 1.87. The second-order valence-corrected chi connectivity index (χ2v) is 6.03. The first kappa shape index (κ1) is 14.5. The van der Waals surface area contributed by atoms with Gasteiger partial charge in [0, 0.05) is 17.8 Å². The van der Waals surface area contributed by atoms with E-state index in [2.05, 4.69) is 37.4 Å². The minimum absolute atomic E-state index is 0.0708. The highest BCUT2D eigenvalue weighted by atomic mass is 16.5. The van der Waals surface area contributed by atoms with E-state index in [4.69, 9.17) is 4.74 Å². The molecule has 0 radical (unpaired) electrons. The van der Waals surface area contributed by atoms with Gasteiger partial charge in [0.05, 0.1) is 19.1 Å². The highest BCUT2D eigenvalue weighted by Gasteiger charge is 2.39. The minimum Gasteiger partial charge on any atom is -0.379 e.